The number of alkyl halides is 3. The zero-order valence-electron chi connectivity index (χ0n) is 21.9. The van der Waals surface area contributed by atoms with Crippen molar-refractivity contribution in [2.75, 3.05) is 11.9 Å². The molecule has 13 heteroatoms. The molecule has 0 aliphatic heterocycles. The Bertz CT molecular complexity index is 1350. The van der Waals surface area contributed by atoms with E-state index in [9.17, 15) is 22.8 Å². The van der Waals surface area contributed by atoms with Crippen LogP contribution >= 0.6 is 0 Å². The summed E-state index contributed by atoms with van der Waals surface area (Å²) in [5.41, 5.74) is 10.1. The number of nitrogens with two attached hydrogens (primary N) is 1. The number of halogens is 3. The number of pyridine rings is 1. The minimum atomic E-state index is -4.65. The molecule has 0 bridgehead atoms. The number of aromatic nitrogens is 1. The van der Waals surface area contributed by atoms with Gasteiger partial charge in [0.25, 0.3) is 11.8 Å². The quantitative estimate of drug-likeness (QED) is 0.142. The van der Waals surface area contributed by atoms with Gasteiger partial charge in [0, 0.05) is 17.4 Å². The Balaban J connectivity index is 1.86. The largest absolute Gasteiger partial charge is 0.490 e. The van der Waals surface area contributed by atoms with Crippen LogP contribution in [0.25, 0.3) is 0 Å². The molecule has 2 aromatic carbocycles. The summed E-state index contributed by atoms with van der Waals surface area (Å²) in [5, 5.41) is 10.6. The van der Waals surface area contributed by atoms with Crippen molar-refractivity contribution in [1.82, 2.24) is 15.8 Å². The maximum atomic E-state index is 13.3. The van der Waals surface area contributed by atoms with E-state index in [1.54, 1.807) is 49.4 Å². The highest BCUT2D eigenvalue weighted by Gasteiger charge is 2.32. The summed E-state index contributed by atoms with van der Waals surface area (Å²) in [7, 11) is 0. The van der Waals surface area contributed by atoms with Gasteiger partial charge in [-0.3, -0.25) is 30.8 Å². The molecule has 1 aromatic heterocycles. The SMILES string of the molecule is CCOc1cc(C(Nc2ccc(C(=N)N)cc2)C(=O)NNC(=O)c2ccc(C(F)(F)F)nc2)ccc1OC(C)C. The predicted molar refractivity (Wildman–Crippen MR) is 142 cm³/mol. The number of carbonyl (C=O) groups is 2. The molecule has 6 N–H and O–H groups in total. The average molecular weight is 559 g/mol. The van der Waals surface area contributed by atoms with Crippen LogP contribution in [-0.4, -0.2) is 35.3 Å². The number of hydrazine groups is 1. The van der Waals surface area contributed by atoms with E-state index in [-0.39, 0.29) is 17.5 Å². The van der Waals surface area contributed by atoms with E-state index in [1.165, 1.54) is 0 Å². The van der Waals surface area contributed by atoms with Crippen LogP contribution in [0.4, 0.5) is 18.9 Å². The molecular formula is C27H29F3N6O4. The van der Waals surface area contributed by atoms with Crippen LogP contribution in [0.5, 0.6) is 11.5 Å². The summed E-state index contributed by atoms with van der Waals surface area (Å²) >= 11 is 0. The van der Waals surface area contributed by atoms with E-state index in [0.29, 0.717) is 41.0 Å². The first kappa shape index (κ1) is 29.7. The molecule has 0 spiro atoms. The number of nitrogen functional groups attached to an aromatic ring is 1. The van der Waals surface area contributed by atoms with Gasteiger partial charge in [-0.15, -0.1) is 0 Å². The number of amidine groups is 1. The van der Waals surface area contributed by atoms with E-state index >= 15 is 0 Å². The van der Waals surface area contributed by atoms with Crippen molar-refractivity contribution in [3.63, 3.8) is 0 Å². The van der Waals surface area contributed by atoms with Crippen molar-refractivity contribution >= 4 is 23.3 Å². The number of nitrogens with one attached hydrogen (secondary N) is 4. The first-order valence-corrected chi connectivity index (χ1v) is 12.2. The Morgan fingerprint density at radius 2 is 1.68 bits per heavy atom. The van der Waals surface area contributed by atoms with Crippen LogP contribution in [0, 0.1) is 5.41 Å². The number of rotatable bonds is 10. The summed E-state index contributed by atoms with van der Waals surface area (Å²) in [5.74, 6) is -0.796. The van der Waals surface area contributed by atoms with Crippen LogP contribution in [0.15, 0.2) is 60.8 Å². The second-order valence-electron chi connectivity index (χ2n) is 8.75. The van der Waals surface area contributed by atoms with Gasteiger partial charge in [-0.25, -0.2) is 0 Å². The van der Waals surface area contributed by atoms with Crippen molar-refractivity contribution in [3.8, 4) is 11.5 Å². The minimum absolute atomic E-state index is 0.122. The fraction of sp³-hybridized carbons (Fsp3) is 0.259. The van der Waals surface area contributed by atoms with Gasteiger partial charge < -0.3 is 20.5 Å². The number of hydrogen-bond acceptors (Lipinski definition) is 7. The predicted octanol–water partition coefficient (Wildman–Crippen LogP) is 4.18. The second kappa shape index (κ2) is 12.8. The standard InChI is InChI=1S/C27H29F3N6O4/c1-4-39-21-13-17(7-11-20(21)40-15(2)3)23(34-19-9-5-16(6-10-19)24(31)32)26(38)36-35-25(37)18-8-12-22(33-14-18)27(28,29)30/h5-15,23,34H,4H2,1-3H3,(H3,31,32)(H,35,37)(H,36,38). The van der Waals surface area contributed by atoms with E-state index in [1.807, 2.05) is 13.8 Å². The number of ether oxygens (including phenoxy) is 2. The van der Waals surface area contributed by atoms with E-state index < -0.39 is 29.7 Å². The molecule has 40 heavy (non-hydrogen) atoms. The summed E-state index contributed by atoms with van der Waals surface area (Å²) in [6.07, 6.45) is -4.02. The van der Waals surface area contributed by atoms with Crippen molar-refractivity contribution in [2.45, 2.75) is 39.1 Å². The monoisotopic (exact) mass is 558 g/mol. The fourth-order valence-electron chi connectivity index (χ4n) is 3.50. The lowest BCUT2D eigenvalue weighted by molar-refractivity contribution is -0.141. The van der Waals surface area contributed by atoms with Crippen LogP contribution in [0.3, 0.4) is 0 Å². The van der Waals surface area contributed by atoms with Crippen LogP contribution < -0.4 is 31.4 Å². The lowest BCUT2D eigenvalue weighted by atomic mass is 10.0. The molecule has 3 aromatic rings. The lowest BCUT2D eigenvalue weighted by Gasteiger charge is -2.22. The molecule has 1 heterocycles. The molecule has 0 aliphatic rings. The fourth-order valence-corrected chi connectivity index (χ4v) is 3.50. The molecule has 3 rings (SSSR count). The average Bonchev–Trinajstić information content (AvgIpc) is 2.91. The number of carbonyl (C=O) groups excluding carboxylic acids is 2. The number of benzene rings is 2. The van der Waals surface area contributed by atoms with Gasteiger partial charge in [-0.1, -0.05) is 6.07 Å². The third kappa shape index (κ3) is 7.85. The molecule has 212 valence electrons. The van der Waals surface area contributed by atoms with Crippen molar-refractivity contribution in [2.24, 2.45) is 5.73 Å². The molecule has 1 unspecified atom stereocenters. The van der Waals surface area contributed by atoms with E-state index in [2.05, 4.69) is 21.2 Å². The first-order chi connectivity index (χ1) is 18.9. The molecule has 0 saturated carbocycles. The van der Waals surface area contributed by atoms with Gasteiger partial charge in [0.1, 0.15) is 17.6 Å². The number of nitrogens with zero attached hydrogens (tertiary/aromatic N) is 1. The number of amides is 2. The van der Waals surface area contributed by atoms with Crippen LogP contribution in [0.2, 0.25) is 0 Å². The second-order valence-corrected chi connectivity index (χ2v) is 8.75. The summed E-state index contributed by atoms with van der Waals surface area (Å²) in [6, 6.07) is 12.0. The molecule has 1 atom stereocenters. The highest BCUT2D eigenvalue weighted by Crippen LogP contribution is 2.33. The van der Waals surface area contributed by atoms with E-state index in [0.717, 1.165) is 12.3 Å². The zero-order chi connectivity index (χ0) is 29.4. The molecule has 2 amide bonds. The molecule has 0 radical (unpaired) electrons. The van der Waals surface area contributed by atoms with Gasteiger partial charge >= 0.3 is 6.18 Å². The highest BCUT2D eigenvalue weighted by molar-refractivity contribution is 5.96. The normalized spacial score (nSPS) is 11.9. The maximum Gasteiger partial charge on any atom is 0.433 e. The van der Waals surface area contributed by atoms with E-state index in [4.69, 9.17) is 20.6 Å². The van der Waals surface area contributed by atoms with Gasteiger partial charge in [-0.2, -0.15) is 13.2 Å². The van der Waals surface area contributed by atoms with Crippen molar-refractivity contribution in [3.05, 3.63) is 83.2 Å². The third-order valence-electron chi connectivity index (χ3n) is 5.35. The molecular weight excluding hydrogens is 529 g/mol. The number of anilines is 1. The third-order valence-corrected chi connectivity index (χ3v) is 5.35. The molecule has 0 fully saturated rings. The lowest BCUT2D eigenvalue weighted by Crippen LogP contribution is -2.45. The van der Waals surface area contributed by atoms with Gasteiger partial charge in [0.15, 0.2) is 11.5 Å². The van der Waals surface area contributed by atoms with Gasteiger partial charge in [0.2, 0.25) is 0 Å². The van der Waals surface area contributed by atoms with Crippen LogP contribution in [-0.2, 0) is 11.0 Å². The summed E-state index contributed by atoms with van der Waals surface area (Å²) in [6.45, 7) is 5.87. The first-order valence-electron chi connectivity index (χ1n) is 12.2. The zero-order valence-corrected chi connectivity index (χ0v) is 21.9. The number of hydrogen-bond donors (Lipinski definition) is 5. The van der Waals surface area contributed by atoms with Crippen molar-refractivity contribution in [1.29, 1.82) is 5.41 Å². The Hall–Kier alpha value is -4.81. The Kier molecular flexibility index (Phi) is 9.54. The maximum absolute atomic E-state index is 13.3. The van der Waals surface area contributed by atoms with Gasteiger partial charge in [-0.05, 0) is 74.9 Å². The summed E-state index contributed by atoms with van der Waals surface area (Å²) < 4.78 is 49.8. The molecule has 0 aliphatic carbocycles. The molecule has 10 nitrogen and oxygen atoms in total. The Labute approximate surface area is 228 Å². The topological polar surface area (TPSA) is 151 Å². The van der Waals surface area contributed by atoms with Crippen molar-refractivity contribution < 1.29 is 32.2 Å². The minimum Gasteiger partial charge on any atom is -0.490 e. The Morgan fingerprint density at radius 3 is 2.23 bits per heavy atom. The summed E-state index contributed by atoms with van der Waals surface area (Å²) in [4.78, 5) is 29.0. The highest BCUT2D eigenvalue weighted by atomic mass is 19.4. The van der Waals surface area contributed by atoms with Gasteiger partial charge in [0.05, 0.1) is 18.3 Å². The Morgan fingerprint density at radius 1 is 1.00 bits per heavy atom. The smallest absolute Gasteiger partial charge is 0.433 e. The molecule has 0 saturated heterocycles. The van der Waals surface area contributed by atoms with Crippen LogP contribution in [0.1, 0.15) is 54.0 Å².